The fraction of sp³-hybridized carbons (Fsp3) is 0.118. The molecule has 0 aliphatic heterocycles. The lowest BCUT2D eigenvalue weighted by Gasteiger charge is -2.13. The quantitative estimate of drug-likeness (QED) is 0.503. The number of hydrogen-bond donors (Lipinski definition) is 0. The van der Waals surface area contributed by atoms with E-state index in [0.29, 0.717) is 0 Å². The van der Waals surface area contributed by atoms with E-state index in [0.717, 1.165) is 38.6 Å². The van der Waals surface area contributed by atoms with Crippen LogP contribution in [0.3, 0.4) is 0 Å². The van der Waals surface area contributed by atoms with E-state index in [2.05, 4.69) is 21.8 Å². The van der Waals surface area contributed by atoms with Gasteiger partial charge in [0.2, 0.25) is 0 Å². The van der Waals surface area contributed by atoms with Crippen LogP contribution in [-0.2, 0) is 0 Å². The minimum absolute atomic E-state index is 0.719. The molecule has 0 aliphatic carbocycles. The van der Waals surface area contributed by atoms with Crippen LogP contribution in [0.2, 0.25) is 5.02 Å². The lowest BCUT2D eigenvalue weighted by molar-refractivity contribution is 0.882. The first kappa shape index (κ1) is 15.8. The van der Waals surface area contributed by atoms with Gasteiger partial charge in [-0.15, -0.1) is 16.8 Å². The summed E-state index contributed by atoms with van der Waals surface area (Å²) in [5, 5.41) is 10.2. The third-order valence-electron chi connectivity index (χ3n) is 3.38. The van der Waals surface area contributed by atoms with Crippen molar-refractivity contribution in [1.82, 2.24) is 19.7 Å². The van der Waals surface area contributed by atoms with E-state index in [4.69, 9.17) is 11.6 Å². The van der Waals surface area contributed by atoms with E-state index >= 15 is 0 Å². The van der Waals surface area contributed by atoms with Crippen molar-refractivity contribution >= 4 is 23.4 Å². The molecule has 0 spiro atoms. The number of hydrogen-bond acceptors (Lipinski definition) is 4. The number of pyridine rings is 1. The zero-order valence-corrected chi connectivity index (χ0v) is 14.2. The van der Waals surface area contributed by atoms with Gasteiger partial charge in [-0.1, -0.05) is 35.5 Å². The molecule has 0 amide bonds. The van der Waals surface area contributed by atoms with Gasteiger partial charge in [-0.3, -0.25) is 9.55 Å². The summed E-state index contributed by atoms with van der Waals surface area (Å²) in [6, 6.07) is 9.67. The van der Waals surface area contributed by atoms with Crippen molar-refractivity contribution in [2.24, 2.45) is 0 Å². The van der Waals surface area contributed by atoms with Crippen molar-refractivity contribution in [3.63, 3.8) is 0 Å². The lowest BCUT2D eigenvalue weighted by atomic mass is 10.2. The second-order valence-electron chi connectivity index (χ2n) is 4.86. The zero-order chi connectivity index (χ0) is 16.2. The molecule has 0 bridgehead atoms. The van der Waals surface area contributed by atoms with Crippen molar-refractivity contribution in [1.29, 1.82) is 0 Å². The van der Waals surface area contributed by atoms with Crippen molar-refractivity contribution in [2.45, 2.75) is 12.1 Å². The Kier molecular flexibility index (Phi) is 4.79. The van der Waals surface area contributed by atoms with Gasteiger partial charge in [-0.25, -0.2) is 0 Å². The fourth-order valence-corrected chi connectivity index (χ4v) is 3.09. The molecule has 4 nitrogen and oxygen atoms in total. The van der Waals surface area contributed by atoms with Crippen LogP contribution in [0.1, 0.15) is 5.56 Å². The predicted octanol–water partition coefficient (Wildman–Crippen LogP) is 4.57. The van der Waals surface area contributed by atoms with Crippen LogP contribution in [0.4, 0.5) is 0 Å². The molecular weight excluding hydrogens is 328 g/mol. The highest BCUT2D eigenvalue weighted by Crippen LogP contribution is 2.31. The van der Waals surface area contributed by atoms with Crippen LogP contribution < -0.4 is 0 Å². The second kappa shape index (κ2) is 6.98. The second-order valence-corrected chi connectivity index (χ2v) is 6.26. The molecule has 116 valence electrons. The number of aromatic nitrogens is 4. The van der Waals surface area contributed by atoms with E-state index in [1.807, 2.05) is 47.9 Å². The average molecular weight is 343 g/mol. The first-order valence-electron chi connectivity index (χ1n) is 7.07. The molecule has 0 atom stereocenters. The molecule has 0 aliphatic rings. The van der Waals surface area contributed by atoms with Crippen LogP contribution in [0, 0.1) is 6.92 Å². The van der Waals surface area contributed by atoms with E-state index in [1.165, 1.54) is 0 Å². The topological polar surface area (TPSA) is 43.6 Å². The smallest absolute Gasteiger partial charge is 0.196 e. The van der Waals surface area contributed by atoms with E-state index in [9.17, 15) is 0 Å². The van der Waals surface area contributed by atoms with Crippen molar-refractivity contribution in [2.75, 3.05) is 5.75 Å². The molecule has 0 saturated carbocycles. The lowest BCUT2D eigenvalue weighted by Crippen LogP contribution is -2.02. The van der Waals surface area contributed by atoms with Crippen LogP contribution in [0.5, 0.6) is 0 Å². The normalized spacial score (nSPS) is 10.7. The molecule has 1 aromatic carbocycles. The van der Waals surface area contributed by atoms with Crippen molar-refractivity contribution < 1.29 is 0 Å². The summed E-state index contributed by atoms with van der Waals surface area (Å²) in [7, 11) is 0. The van der Waals surface area contributed by atoms with Gasteiger partial charge in [0.05, 0.1) is 5.69 Å². The summed E-state index contributed by atoms with van der Waals surface area (Å²) in [5.74, 6) is 1.53. The Morgan fingerprint density at radius 3 is 2.74 bits per heavy atom. The van der Waals surface area contributed by atoms with Crippen molar-refractivity contribution in [3.8, 4) is 17.1 Å². The molecule has 23 heavy (non-hydrogen) atoms. The number of halogens is 1. The Bertz CT molecular complexity index is 830. The van der Waals surface area contributed by atoms with Gasteiger partial charge in [0.25, 0.3) is 0 Å². The largest absolute Gasteiger partial charge is 0.270 e. The molecule has 3 rings (SSSR count). The SMILES string of the molecule is C=CCSc1nnc(-c2ccncc2)n1-c1cccc(Cl)c1C. The van der Waals surface area contributed by atoms with Gasteiger partial charge in [0, 0.05) is 28.7 Å². The number of rotatable bonds is 5. The molecular formula is C17H15ClN4S. The molecule has 2 aromatic heterocycles. The minimum atomic E-state index is 0.719. The van der Waals surface area contributed by atoms with Crippen LogP contribution in [-0.4, -0.2) is 25.5 Å². The maximum absolute atomic E-state index is 6.30. The average Bonchev–Trinajstić information content (AvgIpc) is 3.00. The molecule has 0 radical (unpaired) electrons. The Hall–Kier alpha value is -2.11. The summed E-state index contributed by atoms with van der Waals surface area (Å²) < 4.78 is 2.03. The Morgan fingerprint density at radius 2 is 2.00 bits per heavy atom. The maximum atomic E-state index is 6.30. The summed E-state index contributed by atoms with van der Waals surface area (Å²) in [6.07, 6.45) is 5.34. The number of thioether (sulfide) groups is 1. The van der Waals surface area contributed by atoms with Gasteiger partial charge in [-0.2, -0.15) is 0 Å². The summed E-state index contributed by atoms with van der Waals surface area (Å²) in [6.45, 7) is 5.76. The molecule has 0 N–H and O–H groups in total. The Morgan fingerprint density at radius 1 is 1.22 bits per heavy atom. The van der Waals surface area contributed by atoms with Crippen LogP contribution in [0.15, 0.2) is 60.5 Å². The molecule has 2 heterocycles. The summed E-state index contributed by atoms with van der Waals surface area (Å²) in [4.78, 5) is 4.06. The Labute approximate surface area is 144 Å². The molecule has 0 unspecified atom stereocenters. The van der Waals surface area contributed by atoms with Crippen molar-refractivity contribution in [3.05, 3.63) is 66.0 Å². The highest BCUT2D eigenvalue weighted by atomic mass is 35.5. The molecule has 0 fully saturated rings. The van der Waals surface area contributed by atoms with Gasteiger partial charge in [0.1, 0.15) is 0 Å². The first-order chi connectivity index (χ1) is 11.2. The fourth-order valence-electron chi connectivity index (χ4n) is 2.24. The van der Waals surface area contributed by atoms with E-state index in [-0.39, 0.29) is 0 Å². The van der Waals surface area contributed by atoms with Crippen LogP contribution >= 0.6 is 23.4 Å². The van der Waals surface area contributed by atoms with Gasteiger partial charge >= 0.3 is 0 Å². The third-order valence-corrected chi connectivity index (χ3v) is 4.72. The van der Waals surface area contributed by atoms with E-state index < -0.39 is 0 Å². The van der Waals surface area contributed by atoms with E-state index in [1.54, 1.807) is 24.2 Å². The molecule has 0 saturated heterocycles. The highest BCUT2D eigenvalue weighted by Gasteiger charge is 2.17. The summed E-state index contributed by atoms with van der Waals surface area (Å²) in [5.41, 5.74) is 2.92. The predicted molar refractivity (Wildman–Crippen MR) is 95.3 cm³/mol. The highest BCUT2D eigenvalue weighted by molar-refractivity contribution is 7.99. The number of nitrogens with zero attached hydrogens (tertiary/aromatic N) is 4. The minimum Gasteiger partial charge on any atom is -0.270 e. The molecule has 6 heteroatoms. The summed E-state index contributed by atoms with van der Waals surface area (Å²) >= 11 is 7.88. The van der Waals surface area contributed by atoms with Gasteiger partial charge in [0.15, 0.2) is 11.0 Å². The van der Waals surface area contributed by atoms with Gasteiger partial charge < -0.3 is 0 Å². The third kappa shape index (κ3) is 3.16. The maximum Gasteiger partial charge on any atom is 0.196 e. The zero-order valence-electron chi connectivity index (χ0n) is 12.6. The van der Waals surface area contributed by atoms with Gasteiger partial charge in [-0.05, 0) is 36.8 Å². The standard InChI is InChI=1S/C17H15ClN4S/c1-3-11-23-17-21-20-16(13-7-9-19-10-8-13)22(17)15-6-4-5-14(18)12(15)2/h3-10H,1,11H2,2H3. The first-order valence-corrected chi connectivity index (χ1v) is 8.43. The number of benzene rings is 1. The Balaban J connectivity index is 2.21. The molecule has 3 aromatic rings. The monoisotopic (exact) mass is 342 g/mol. The van der Waals surface area contributed by atoms with Crippen LogP contribution in [0.25, 0.3) is 17.1 Å².